The number of carbonyl (C=O) groups excluding carboxylic acids is 1. The molecule has 0 atom stereocenters. The molecule has 118 valence electrons. The third kappa shape index (κ3) is 5.65. The molecule has 1 aromatic rings. The molecule has 0 fully saturated rings. The molecular weight excluding hydrogens is 321 g/mol. The lowest BCUT2D eigenvalue weighted by Crippen LogP contribution is -2.29. The number of aliphatic imine (C=N–C) groups is 1. The van der Waals surface area contributed by atoms with Crippen LogP contribution in [0, 0.1) is 0 Å². The smallest absolute Gasteiger partial charge is 0.313 e. The summed E-state index contributed by atoms with van der Waals surface area (Å²) in [6, 6.07) is 1.51. The van der Waals surface area contributed by atoms with Crippen molar-refractivity contribution in [2.45, 2.75) is 19.6 Å². The molecule has 9 heteroatoms. The first kappa shape index (κ1) is 17.8. The zero-order valence-corrected chi connectivity index (χ0v) is 12.3. The SMILES string of the molecule is C=NC(Cl)=CC=C(C)Cn1cccnc1=NC(=O)C(F)(F)F. The molecule has 0 spiro atoms. The van der Waals surface area contributed by atoms with Crippen LogP contribution in [-0.2, 0) is 11.3 Å². The van der Waals surface area contributed by atoms with E-state index in [4.69, 9.17) is 11.6 Å². The summed E-state index contributed by atoms with van der Waals surface area (Å²) >= 11 is 5.64. The maximum atomic E-state index is 12.2. The average Bonchev–Trinajstić information content (AvgIpc) is 2.45. The maximum absolute atomic E-state index is 12.2. The van der Waals surface area contributed by atoms with E-state index in [9.17, 15) is 18.0 Å². The van der Waals surface area contributed by atoms with E-state index in [1.54, 1.807) is 13.0 Å². The van der Waals surface area contributed by atoms with E-state index < -0.39 is 12.1 Å². The van der Waals surface area contributed by atoms with Crippen molar-refractivity contribution in [3.8, 4) is 0 Å². The topological polar surface area (TPSA) is 59.6 Å². The Balaban J connectivity index is 3.11. The van der Waals surface area contributed by atoms with Crippen molar-refractivity contribution >= 4 is 24.2 Å². The van der Waals surface area contributed by atoms with Crippen LogP contribution in [0.1, 0.15) is 6.92 Å². The molecule has 0 unspecified atom stereocenters. The van der Waals surface area contributed by atoms with E-state index in [-0.39, 0.29) is 17.3 Å². The van der Waals surface area contributed by atoms with Gasteiger partial charge >= 0.3 is 12.1 Å². The van der Waals surface area contributed by atoms with Crippen LogP contribution in [0.4, 0.5) is 13.2 Å². The van der Waals surface area contributed by atoms with Gasteiger partial charge in [-0.3, -0.25) is 9.79 Å². The van der Waals surface area contributed by atoms with E-state index in [2.05, 4.69) is 21.7 Å². The van der Waals surface area contributed by atoms with Crippen molar-refractivity contribution in [1.82, 2.24) is 9.55 Å². The molecule has 1 rings (SSSR count). The lowest BCUT2D eigenvalue weighted by molar-refractivity contribution is -0.169. The Labute approximate surface area is 129 Å². The van der Waals surface area contributed by atoms with Gasteiger partial charge in [-0.2, -0.15) is 18.2 Å². The molecule has 0 radical (unpaired) electrons. The number of alkyl halides is 3. The molecule has 0 aromatic carbocycles. The van der Waals surface area contributed by atoms with Gasteiger partial charge in [0.2, 0.25) is 5.62 Å². The van der Waals surface area contributed by atoms with E-state index >= 15 is 0 Å². The molecule has 0 saturated heterocycles. The van der Waals surface area contributed by atoms with Gasteiger partial charge in [0, 0.05) is 18.9 Å². The molecule has 5 nitrogen and oxygen atoms in total. The standard InChI is InChI=1S/C13H12ClF3N4O/c1-9(4-5-10(14)18-2)8-21-7-3-6-19-12(21)20-11(22)13(15,16)17/h3-7H,2,8H2,1H3. The first-order chi connectivity index (χ1) is 10.2. The molecule has 0 bridgehead atoms. The van der Waals surface area contributed by atoms with Crippen LogP contribution in [-0.4, -0.2) is 28.4 Å². The minimum Gasteiger partial charge on any atom is -0.313 e. The highest BCUT2D eigenvalue weighted by Gasteiger charge is 2.38. The number of hydrogen-bond acceptors (Lipinski definition) is 3. The molecule has 22 heavy (non-hydrogen) atoms. The van der Waals surface area contributed by atoms with Crippen molar-refractivity contribution in [1.29, 1.82) is 0 Å². The van der Waals surface area contributed by atoms with Crippen LogP contribution in [0.2, 0.25) is 0 Å². The van der Waals surface area contributed by atoms with Gasteiger partial charge in [-0.1, -0.05) is 23.3 Å². The highest BCUT2D eigenvalue weighted by Crippen LogP contribution is 2.15. The second-order valence-electron chi connectivity index (χ2n) is 4.12. The van der Waals surface area contributed by atoms with Gasteiger partial charge in [-0.15, -0.1) is 0 Å². The zero-order chi connectivity index (χ0) is 16.8. The monoisotopic (exact) mass is 332 g/mol. The minimum absolute atomic E-state index is 0.174. The van der Waals surface area contributed by atoms with Crippen LogP contribution in [0.3, 0.4) is 0 Å². The second-order valence-corrected chi connectivity index (χ2v) is 4.51. The Kier molecular flexibility index (Phi) is 6.24. The van der Waals surface area contributed by atoms with Crippen LogP contribution >= 0.6 is 11.6 Å². The maximum Gasteiger partial charge on any atom is 0.473 e. The number of rotatable bonds is 4. The minimum atomic E-state index is -5.04. The van der Waals surface area contributed by atoms with Gasteiger partial charge in [0.25, 0.3) is 0 Å². The summed E-state index contributed by atoms with van der Waals surface area (Å²) in [5.74, 6) is -2.21. The summed E-state index contributed by atoms with van der Waals surface area (Å²) in [5, 5.41) is 0.174. The summed E-state index contributed by atoms with van der Waals surface area (Å²) in [6.07, 6.45) is 0.775. The highest BCUT2D eigenvalue weighted by molar-refractivity contribution is 6.29. The summed E-state index contributed by atoms with van der Waals surface area (Å²) < 4.78 is 38.0. The van der Waals surface area contributed by atoms with Crippen molar-refractivity contribution < 1.29 is 18.0 Å². The summed E-state index contributed by atoms with van der Waals surface area (Å²) in [5.41, 5.74) is 0.394. The molecular formula is C13H12ClF3N4O. The fourth-order valence-electron chi connectivity index (χ4n) is 1.35. The van der Waals surface area contributed by atoms with Gasteiger partial charge < -0.3 is 4.57 Å². The number of carbonyl (C=O) groups is 1. The first-order valence-corrected chi connectivity index (χ1v) is 6.29. The van der Waals surface area contributed by atoms with E-state index in [0.29, 0.717) is 0 Å². The van der Waals surface area contributed by atoms with Gasteiger partial charge in [0.15, 0.2) is 0 Å². The normalized spacial score (nSPS) is 14.1. The Morgan fingerprint density at radius 1 is 1.50 bits per heavy atom. The molecule has 0 aliphatic rings. The number of halogens is 4. The Morgan fingerprint density at radius 2 is 2.18 bits per heavy atom. The van der Waals surface area contributed by atoms with Gasteiger partial charge in [-0.25, -0.2) is 4.98 Å². The number of amides is 1. The molecule has 0 aliphatic heterocycles. The average molecular weight is 333 g/mol. The van der Waals surface area contributed by atoms with Crippen LogP contribution in [0.25, 0.3) is 0 Å². The Bertz CT molecular complexity index is 689. The van der Waals surface area contributed by atoms with Crippen LogP contribution in [0.5, 0.6) is 0 Å². The summed E-state index contributed by atoms with van der Waals surface area (Å²) in [6.45, 7) is 5.14. The lowest BCUT2D eigenvalue weighted by atomic mass is 10.3. The molecule has 1 amide bonds. The van der Waals surface area contributed by atoms with Crippen molar-refractivity contribution in [2.75, 3.05) is 0 Å². The molecule has 0 saturated carbocycles. The zero-order valence-electron chi connectivity index (χ0n) is 11.5. The fraction of sp³-hybridized carbons (Fsp3) is 0.231. The summed E-state index contributed by atoms with van der Waals surface area (Å²) in [7, 11) is 0. The number of nitrogens with zero attached hydrogens (tertiary/aromatic N) is 4. The molecule has 1 heterocycles. The second kappa shape index (κ2) is 7.69. The van der Waals surface area contributed by atoms with Gasteiger partial charge in [0.05, 0.1) is 0 Å². The highest BCUT2D eigenvalue weighted by atomic mass is 35.5. The largest absolute Gasteiger partial charge is 0.473 e. The predicted molar refractivity (Wildman–Crippen MR) is 76.1 cm³/mol. The quantitative estimate of drug-likeness (QED) is 0.483. The number of hydrogen-bond donors (Lipinski definition) is 0. The molecule has 0 aliphatic carbocycles. The number of allylic oxidation sites excluding steroid dienone is 3. The fourth-order valence-corrected chi connectivity index (χ4v) is 1.41. The summed E-state index contributed by atoms with van der Waals surface area (Å²) in [4.78, 5) is 21.1. The van der Waals surface area contributed by atoms with Crippen LogP contribution < -0.4 is 5.62 Å². The van der Waals surface area contributed by atoms with Gasteiger partial charge in [-0.05, 0) is 25.8 Å². The van der Waals surface area contributed by atoms with Crippen molar-refractivity contribution in [2.24, 2.45) is 9.98 Å². The third-order valence-electron chi connectivity index (χ3n) is 2.32. The van der Waals surface area contributed by atoms with Crippen molar-refractivity contribution in [3.63, 3.8) is 0 Å². The van der Waals surface area contributed by atoms with Crippen molar-refractivity contribution in [3.05, 3.63) is 47.0 Å². The number of aromatic nitrogens is 2. The first-order valence-electron chi connectivity index (χ1n) is 5.91. The molecule has 0 N–H and O–H groups in total. The van der Waals surface area contributed by atoms with Gasteiger partial charge in [0.1, 0.15) is 5.16 Å². The third-order valence-corrected chi connectivity index (χ3v) is 2.56. The lowest BCUT2D eigenvalue weighted by Gasteiger charge is -2.06. The Morgan fingerprint density at radius 3 is 2.77 bits per heavy atom. The Hall–Kier alpha value is -2.22. The predicted octanol–water partition coefficient (Wildman–Crippen LogP) is 2.60. The van der Waals surface area contributed by atoms with Crippen LogP contribution in [0.15, 0.2) is 51.3 Å². The van der Waals surface area contributed by atoms with E-state index in [1.165, 1.54) is 29.1 Å². The van der Waals surface area contributed by atoms with E-state index in [0.717, 1.165) is 5.57 Å². The van der Waals surface area contributed by atoms with E-state index in [1.807, 2.05) is 0 Å². The molecule has 1 aromatic heterocycles.